The van der Waals surface area contributed by atoms with E-state index in [1.807, 2.05) is 0 Å². The topological polar surface area (TPSA) is 88.2 Å². The predicted octanol–water partition coefficient (Wildman–Crippen LogP) is 1.97. The summed E-state index contributed by atoms with van der Waals surface area (Å²) in [5, 5.41) is 13.3. The molecular formula is C11H10ClN3O2. The van der Waals surface area contributed by atoms with Crippen LogP contribution in [0.3, 0.4) is 0 Å². The van der Waals surface area contributed by atoms with Gasteiger partial charge in [-0.15, -0.1) is 0 Å². The monoisotopic (exact) mass is 251 g/mol. The molecule has 0 fully saturated rings. The van der Waals surface area contributed by atoms with Gasteiger partial charge in [0.2, 0.25) is 0 Å². The molecule has 0 radical (unpaired) electrons. The summed E-state index contributed by atoms with van der Waals surface area (Å²) in [7, 11) is 0. The fourth-order valence-corrected chi connectivity index (χ4v) is 1.72. The minimum Gasteiger partial charge on any atom is -0.480 e. The van der Waals surface area contributed by atoms with Gasteiger partial charge in [0.15, 0.2) is 0 Å². The van der Waals surface area contributed by atoms with Gasteiger partial charge in [0.05, 0.1) is 10.7 Å². The number of benzene rings is 1. The summed E-state index contributed by atoms with van der Waals surface area (Å²) in [5.41, 5.74) is 6.30. The lowest BCUT2D eigenvalue weighted by molar-refractivity contribution is -0.134. The number of nitrogens with zero attached hydrogens (tertiary/aromatic N) is 1. The molecule has 0 unspecified atom stereocenters. The zero-order valence-corrected chi connectivity index (χ0v) is 9.53. The Morgan fingerprint density at radius 3 is 2.88 bits per heavy atom. The maximum Gasteiger partial charge on any atom is 0.322 e. The second-order valence-corrected chi connectivity index (χ2v) is 3.87. The Hall–Kier alpha value is -2.01. The highest BCUT2D eigenvalue weighted by molar-refractivity contribution is 6.34. The average Bonchev–Trinajstić information content (AvgIpc) is 2.31. The molecule has 1 aromatic heterocycles. The lowest BCUT2D eigenvalue weighted by Gasteiger charge is -2.09. The number of pyridine rings is 1. The fraction of sp³-hybridized carbons (Fsp3) is 0.0909. The number of aromatic nitrogens is 1. The molecule has 4 N–H and O–H groups in total. The number of carboxylic acids is 1. The summed E-state index contributed by atoms with van der Waals surface area (Å²) in [6.07, 6.45) is 1.55. The molecule has 6 heteroatoms. The summed E-state index contributed by atoms with van der Waals surface area (Å²) < 4.78 is 0. The number of nitrogen functional groups attached to an aromatic ring is 1. The van der Waals surface area contributed by atoms with E-state index in [1.165, 1.54) is 0 Å². The number of anilines is 2. The minimum atomic E-state index is -0.953. The number of hydrogen-bond acceptors (Lipinski definition) is 4. The number of carbonyl (C=O) groups is 1. The van der Waals surface area contributed by atoms with Crippen LogP contribution in [-0.4, -0.2) is 22.6 Å². The molecule has 2 rings (SSSR count). The van der Waals surface area contributed by atoms with E-state index in [4.69, 9.17) is 22.4 Å². The van der Waals surface area contributed by atoms with Crippen LogP contribution in [0.25, 0.3) is 10.8 Å². The molecule has 0 bridgehead atoms. The molecule has 0 spiro atoms. The van der Waals surface area contributed by atoms with Gasteiger partial charge in [0.1, 0.15) is 12.4 Å². The molecule has 0 aliphatic heterocycles. The van der Waals surface area contributed by atoms with Gasteiger partial charge in [-0.3, -0.25) is 4.79 Å². The number of rotatable bonds is 3. The first-order valence-corrected chi connectivity index (χ1v) is 5.25. The molecule has 1 heterocycles. The van der Waals surface area contributed by atoms with E-state index in [-0.39, 0.29) is 6.54 Å². The van der Waals surface area contributed by atoms with Gasteiger partial charge in [-0.2, -0.15) is 0 Å². The number of hydrogen-bond donors (Lipinski definition) is 3. The van der Waals surface area contributed by atoms with E-state index in [0.717, 1.165) is 10.8 Å². The van der Waals surface area contributed by atoms with Crippen LogP contribution in [0.4, 0.5) is 11.5 Å². The standard InChI is InChI=1S/C11H10ClN3O2/c12-8-2-1-7-6(10(8)13)3-4-14-11(7)15-5-9(16)17/h1-4H,5,13H2,(H,14,15)(H,16,17). The molecule has 0 saturated heterocycles. The normalized spacial score (nSPS) is 10.4. The number of fused-ring (bicyclic) bond motifs is 1. The van der Waals surface area contributed by atoms with Crippen molar-refractivity contribution in [2.24, 2.45) is 0 Å². The zero-order valence-electron chi connectivity index (χ0n) is 8.77. The smallest absolute Gasteiger partial charge is 0.322 e. The Morgan fingerprint density at radius 1 is 1.41 bits per heavy atom. The highest BCUT2D eigenvalue weighted by atomic mass is 35.5. The van der Waals surface area contributed by atoms with E-state index in [0.29, 0.717) is 16.5 Å². The summed E-state index contributed by atoms with van der Waals surface area (Å²) >= 11 is 5.91. The van der Waals surface area contributed by atoms with Crippen LogP contribution in [-0.2, 0) is 4.79 Å². The SMILES string of the molecule is Nc1c(Cl)ccc2c(NCC(=O)O)nccc12. The number of nitrogens with two attached hydrogens (primary N) is 1. The van der Waals surface area contributed by atoms with Crippen molar-refractivity contribution in [1.82, 2.24) is 4.98 Å². The highest BCUT2D eigenvalue weighted by Crippen LogP contribution is 2.31. The average molecular weight is 252 g/mol. The Labute approximate surface area is 102 Å². The molecule has 2 aromatic rings. The third-order valence-electron chi connectivity index (χ3n) is 2.34. The van der Waals surface area contributed by atoms with Crippen LogP contribution >= 0.6 is 11.6 Å². The number of aliphatic carboxylic acids is 1. The van der Waals surface area contributed by atoms with Crippen molar-refractivity contribution < 1.29 is 9.90 Å². The Bertz CT molecular complexity index is 586. The quantitative estimate of drug-likeness (QED) is 0.726. The van der Waals surface area contributed by atoms with Gasteiger partial charge in [0.25, 0.3) is 0 Å². The molecule has 0 saturated carbocycles. The van der Waals surface area contributed by atoms with Gasteiger partial charge >= 0.3 is 5.97 Å². The fourth-order valence-electron chi connectivity index (χ4n) is 1.55. The van der Waals surface area contributed by atoms with Crippen molar-refractivity contribution in [1.29, 1.82) is 0 Å². The zero-order chi connectivity index (χ0) is 12.4. The van der Waals surface area contributed by atoms with Crippen LogP contribution < -0.4 is 11.1 Å². The minimum absolute atomic E-state index is 0.200. The molecule has 17 heavy (non-hydrogen) atoms. The lowest BCUT2D eigenvalue weighted by atomic mass is 10.1. The maximum absolute atomic E-state index is 10.5. The first-order chi connectivity index (χ1) is 8.09. The lowest BCUT2D eigenvalue weighted by Crippen LogP contribution is -2.13. The van der Waals surface area contributed by atoms with E-state index >= 15 is 0 Å². The summed E-state index contributed by atoms with van der Waals surface area (Å²) in [6.45, 7) is -0.200. The van der Waals surface area contributed by atoms with E-state index in [9.17, 15) is 4.79 Å². The van der Waals surface area contributed by atoms with Crippen molar-refractivity contribution in [3.63, 3.8) is 0 Å². The van der Waals surface area contributed by atoms with Gasteiger partial charge < -0.3 is 16.2 Å². The van der Waals surface area contributed by atoms with Crippen LogP contribution in [0, 0.1) is 0 Å². The molecule has 5 nitrogen and oxygen atoms in total. The number of carboxylic acid groups (broad SMARTS) is 1. The van der Waals surface area contributed by atoms with Crippen molar-refractivity contribution in [2.75, 3.05) is 17.6 Å². The van der Waals surface area contributed by atoms with Gasteiger partial charge in [-0.1, -0.05) is 11.6 Å². The molecule has 1 aromatic carbocycles. The third kappa shape index (κ3) is 2.24. The van der Waals surface area contributed by atoms with Crippen LogP contribution in [0.2, 0.25) is 5.02 Å². The van der Waals surface area contributed by atoms with Crippen molar-refractivity contribution in [2.45, 2.75) is 0 Å². The van der Waals surface area contributed by atoms with Crippen LogP contribution in [0.15, 0.2) is 24.4 Å². The molecule has 0 aliphatic carbocycles. The van der Waals surface area contributed by atoms with Crippen LogP contribution in [0.1, 0.15) is 0 Å². The Morgan fingerprint density at radius 2 is 2.18 bits per heavy atom. The highest BCUT2D eigenvalue weighted by Gasteiger charge is 2.07. The van der Waals surface area contributed by atoms with Crippen molar-refractivity contribution in [3.05, 3.63) is 29.4 Å². The predicted molar refractivity (Wildman–Crippen MR) is 67.3 cm³/mol. The Kier molecular flexibility index (Phi) is 3.01. The summed E-state index contributed by atoms with van der Waals surface area (Å²) in [6, 6.07) is 5.15. The van der Waals surface area contributed by atoms with Crippen molar-refractivity contribution >= 4 is 39.8 Å². The third-order valence-corrected chi connectivity index (χ3v) is 2.67. The molecule has 0 amide bonds. The van der Waals surface area contributed by atoms with Gasteiger partial charge in [-0.25, -0.2) is 4.98 Å². The molecule has 0 atom stereocenters. The Balaban J connectivity index is 2.51. The second kappa shape index (κ2) is 4.47. The summed E-state index contributed by atoms with van der Waals surface area (Å²) in [4.78, 5) is 14.6. The van der Waals surface area contributed by atoms with Crippen molar-refractivity contribution in [3.8, 4) is 0 Å². The first-order valence-electron chi connectivity index (χ1n) is 4.88. The number of nitrogens with one attached hydrogen (secondary N) is 1. The molecular weight excluding hydrogens is 242 g/mol. The number of halogens is 1. The largest absolute Gasteiger partial charge is 0.480 e. The first kappa shape index (κ1) is 11.5. The molecule has 0 aliphatic rings. The van der Waals surface area contributed by atoms with E-state index < -0.39 is 5.97 Å². The molecule has 88 valence electrons. The van der Waals surface area contributed by atoms with Crippen LogP contribution in [0.5, 0.6) is 0 Å². The maximum atomic E-state index is 10.5. The van der Waals surface area contributed by atoms with Gasteiger partial charge in [-0.05, 0) is 18.2 Å². The van der Waals surface area contributed by atoms with E-state index in [2.05, 4.69) is 10.3 Å². The second-order valence-electron chi connectivity index (χ2n) is 3.46. The summed E-state index contributed by atoms with van der Waals surface area (Å²) in [5.74, 6) is -0.473. The van der Waals surface area contributed by atoms with Gasteiger partial charge in [0, 0.05) is 17.0 Å². The van der Waals surface area contributed by atoms with E-state index in [1.54, 1.807) is 24.4 Å².